The number of aromatic nitrogens is 5. The lowest BCUT2D eigenvalue weighted by Gasteiger charge is -2.27. The predicted octanol–water partition coefficient (Wildman–Crippen LogP) is 4.64. The summed E-state index contributed by atoms with van der Waals surface area (Å²) in [7, 11) is 3.94. The number of pyridine rings is 1. The molecule has 2 saturated heterocycles. The van der Waals surface area contributed by atoms with Crippen LogP contribution >= 0.6 is 0 Å². The number of carbonyl (C=O) groups is 3. The highest BCUT2D eigenvalue weighted by atomic mass is 32.2. The van der Waals surface area contributed by atoms with Crippen LogP contribution < -0.4 is 30.3 Å². The average molecular weight is 1110 g/mol. The van der Waals surface area contributed by atoms with Crippen LogP contribution in [0.1, 0.15) is 120 Å². The Morgan fingerprint density at radius 2 is 1.17 bits per heavy atom. The number of nitrogen functional groups attached to an aromatic ring is 1. The van der Waals surface area contributed by atoms with Crippen molar-refractivity contribution < 1.29 is 59.1 Å². The molecule has 5 aromatic rings. The van der Waals surface area contributed by atoms with Gasteiger partial charge in [-0.1, -0.05) is 27.7 Å². The Kier molecular flexibility index (Phi) is 20.4. The number of nitrogens with two attached hydrogens (primary N) is 1. The van der Waals surface area contributed by atoms with Gasteiger partial charge in [-0.15, -0.1) is 0 Å². The molecule has 2 fully saturated rings. The van der Waals surface area contributed by atoms with Crippen LogP contribution in [0.3, 0.4) is 0 Å². The molecule has 7 rings (SSSR count). The van der Waals surface area contributed by atoms with Gasteiger partial charge >= 0.3 is 16.1 Å². The van der Waals surface area contributed by atoms with E-state index in [4.69, 9.17) is 15.2 Å². The van der Waals surface area contributed by atoms with Crippen LogP contribution in [0.5, 0.6) is 0 Å². The molecule has 4 amide bonds. The third kappa shape index (κ3) is 15.6. The maximum atomic E-state index is 14.4. The first-order valence-electron chi connectivity index (χ1n) is 24.7. The zero-order valence-corrected chi connectivity index (χ0v) is 47.1. The Hall–Kier alpha value is -7.03. The summed E-state index contributed by atoms with van der Waals surface area (Å²) in [5, 5.41) is 21.5. The SMILES string of the molecule is CC(C)c1cc(F)cc(C2CCOCC2)c1N.CC(C)c1cc(F)cc(C2CCOCC2)c1NC(=O)NS(=O)(=O)c1cc(C(=O)N(C)C)n(C)n1.CN(C)C(=O)c1cc(S(=O)(=O)N=C([O-])[n+]2ccc(N(C)C)cc2)nn1C. The Morgan fingerprint density at radius 3 is 1.64 bits per heavy atom. The number of anilines is 3. The van der Waals surface area contributed by atoms with Crippen molar-refractivity contribution in [3.8, 4) is 0 Å². The second kappa shape index (κ2) is 25.9. The van der Waals surface area contributed by atoms with Gasteiger partial charge in [0.25, 0.3) is 27.9 Å². The summed E-state index contributed by atoms with van der Waals surface area (Å²) < 4.78 is 97.6. The van der Waals surface area contributed by atoms with Gasteiger partial charge < -0.3 is 40.3 Å². The topological polar surface area (TPSA) is 273 Å². The molecule has 4 N–H and O–H groups in total. The second-order valence-electron chi connectivity index (χ2n) is 19.7. The molecule has 0 unspecified atom stereocenters. The zero-order chi connectivity index (χ0) is 57.3. The minimum atomic E-state index is -4.38. The fourth-order valence-corrected chi connectivity index (χ4v) is 10.2. The average Bonchev–Trinajstić information content (AvgIpc) is 3.98. The molecule has 0 aliphatic carbocycles. The number of aryl methyl sites for hydroxylation is 2. The Labute approximate surface area is 448 Å². The van der Waals surface area contributed by atoms with Gasteiger partial charge in [-0.05, 0) is 95.9 Å². The quantitative estimate of drug-likeness (QED) is 0.0665. The number of sulfonamides is 2. The van der Waals surface area contributed by atoms with Gasteiger partial charge in [0.15, 0.2) is 5.03 Å². The summed E-state index contributed by atoms with van der Waals surface area (Å²) in [5.74, 6) is -1.02. The molecule has 0 radical (unpaired) electrons. The summed E-state index contributed by atoms with van der Waals surface area (Å²) >= 11 is 0. The number of halogens is 2. The van der Waals surface area contributed by atoms with Crippen molar-refractivity contribution in [3.63, 3.8) is 0 Å². The lowest BCUT2D eigenvalue weighted by atomic mass is 9.86. The van der Waals surface area contributed by atoms with E-state index in [0.717, 1.165) is 74.6 Å². The van der Waals surface area contributed by atoms with Crippen LogP contribution in [0.4, 0.5) is 30.6 Å². The van der Waals surface area contributed by atoms with Gasteiger partial charge in [-0.25, -0.2) is 22.9 Å². The highest BCUT2D eigenvalue weighted by Crippen LogP contribution is 2.39. The van der Waals surface area contributed by atoms with Crippen LogP contribution in [-0.4, -0.2) is 139 Å². The standard InChI is InChI=1S/C22H30FN5O5S.C15H20N6O4S.C14H20FNO/c1-13(2)16-10-15(23)11-17(14-6-8-33-9-7-14)20(16)24-22(30)26-34(31,32)19-12-18(28(5)25-19)21(29)27(3)4;1-18(2)11-6-8-21(9-7-11)15(23)17-26(24,25)13-10-12(20(5)16-13)14(22)19(3)4;1-9(2)12-7-11(15)8-13(14(12)16)10-3-5-17-6-4-10/h10-14H,6-9H2,1-5H3,(H2,24,26,30);6-10H,1-5H3;7-10H,3-6,16H2,1-2H3. The van der Waals surface area contributed by atoms with Crippen LogP contribution in [-0.2, 0) is 43.6 Å². The van der Waals surface area contributed by atoms with Crippen LogP contribution in [0.25, 0.3) is 0 Å². The first kappa shape index (κ1) is 60.8. The van der Waals surface area contributed by atoms with E-state index in [1.807, 2.05) is 51.4 Å². The summed E-state index contributed by atoms with van der Waals surface area (Å²) in [6, 6.07) is 9.37. The number of hydrogen-bond acceptors (Lipinski definition) is 14. The smallest absolute Gasteiger partial charge is 0.388 e. The molecule has 0 spiro atoms. The molecule has 2 aromatic carbocycles. The van der Waals surface area contributed by atoms with E-state index in [-0.39, 0.29) is 35.0 Å². The lowest BCUT2D eigenvalue weighted by molar-refractivity contribution is -0.613. The van der Waals surface area contributed by atoms with Crippen molar-refractivity contribution in [3.05, 3.63) is 106 Å². The van der Waals surface area contributed by atoms with Crippen molar-refractivity contribution >= 4 is 61.0 Å². The summed E-state index contributed by atoms with van der Waals surface area (Å²) in [5.41, 5.74) is 11.4. The van der Waals surface area contributed by atoms with Crippen molar-refractivity contribution in [2.45, 2.75) is 87.1 Å². The molecule has 2 aliphatic rings. The molecule has 420 valence electrons. The molecule has 77 heavy (non-hydrogen) atoms. The number of nitrogens with zero attached hydrogens (tertiary/aromatic N) is 9. The highest BCUT2D eigenvalue weighted by molar-refractivity contribution is 7.90. The minimum absolute atomic E-state index is 0.0377. The maximum Gasteiger partial charge on any atom is 0.388 e. The predicted molar refractivity (Wildman–Crippen MR) is 284 cm³/mol. The summed E-state index contributed by atoms with van der Waals surface area (Å²) in [4.78, 5) is 41.4. The van der Waals surface area contributed by atoms with Crippen LogP contribution in [0.2, 0.25) is 0 Å². The molecule has 3 aromatic heterocycles. The van der Waals surface area contributed by atoms with Gasteiger partial charge in [0.05, 0.1) is 12.4 Å². The van der Waals surface area contributed by atoms with E-state index in [9.17, 15) is 45.1 Å². The molecule has 2 aliphatic heterocycles. The second-order valence-corrected chi connectivity index (χ2v) is 22.9. The first-order chi connectivity index (χ1) is 36.0. The number of rotatable bonds is 12. The van der Waals surface area contributed by atoms with E-state index < -0.39 is 59.8 Å². The summed E-state index contributed by atoms with van der Waals surface area (Å²) in [6.07, 6.45) is 6.01. The summed E-state index contributed by atoms with van der Waals surface area (Å²) in [6.45, 7) is 10.3. The number of amides is 4. The van der Waals surface area contributed by atoms with E-state index in [1.165, 1.54) is 76.6 Å². The number of carbonyl (C=O) groups excluding carboxylic acids is 3. The van der Waals surface area contributed by atoms with E-state index in [1.54, 1.807) is 24.3 Å². The number of hydrogen-bond donors (Lipinski definition) is 3. The lowest BCUT2D eigenvalue weighted by Crippen LogP contribution is -2.51. The molecule has 5 heterocycles. The normalized spacial score (nSPS) is 14.5. The monoisotopic (exact) mass is 1110 g/mol. The first-order valence-corrected chi connectivity index (χ1v) is 27.6. The van der Waals surface area contributed by atoms with Gasteiger partial charge in [0.2, 0.25) is 5.03 Å². The van der Waals surface area contributed by atoms with Gasteiger partial charge in [-0.2, -0.15) is 27.0 Å². The highest BCUT2D eigenvalue weighted by Gasteiger charge is 2.30. The number of urea groups is 1. The number of benzene rings is 2. The van der Waals surface area contributed by atoms with Gasteiger partial charge in [0, 0.05) is 129 Å². The molecule has 26 heteroatoms. The molecule has 0 atom stereocenters. The third-order valence-corrected chi connectivity index (χ3v) is 15.0. The molecular formula is C51H70F2N12O10S2. The molecule has 0 saturated carbocycles. The zero-order valence-electron chi connectivity index (χ0n) is 45.5. The minimum Gasteiger partial charge on any atom is -0.806 e. The number of ether oxygens (including phenoxy) is 2. The van der Waals surface area contributed by atoms with Crippen LogP contribution in [0.15, 0.2) is 75.4 Å². The van der Waals surface area contributed by atoms with Crippen molar-refractivity contribution in [1.82, 2.24) is 34.1 Å². The Morgan fingerprint density at radius 1 is 0.727 bits per heavy atom. The third-order valence-electron chi connectivity index (χ3n) is 12.7. The molecule has 22 nitrogen and oxygen atoms in total. The Bertz CT molecular complexity index is 3170. The van der Waals surface area contributed by atoms with Crippen molar-refractivity contribution in [1.29, 1.82) is 0 Å². The van der Waals surface area contributed by atoms with Crippen molar-refractivity contribution in [2.75, 3.05) is 84.7 Å². The molecule has 0 bridgehead atoms. The van der Waals surface area contributed by atoms with E-state index in [2.05, 4.69) is 19.9 Å². The molecular weight excluding hydrogens is 1040 g/mol. The van der Waals surface area contributed by atoms with Crippen LogP contribution in [0, 0.1) is 11.6 Å². The Balaban J connectivity index is 0.000000225. The van der Waals surface area contributed by atoms with E-state index >= 15 is 0 Å². The van der Waals surface area contributed by atoms with Crippen molar-refractivity contribution in [2.24, 2.45) is 18.5 Å². The largest absolute Gasteiger partial charge is 0.806 e. The van der Waals surface area contributed by atoms with Gasteiger partial charge in [-0.3, -0.25) is 19.0 Å². The fourth-order valence-electron chi connectivity index (χ4n) is 8.42. The fraction of sp³-hybridized carbons (Fsp3) is 0.471. The van der Waals surface area contributed by atoms with E-state index in [0.29, 0.717) is 48.8 Å². The van der Waals surface area contributed by atoms with Gasteiger partial charge in [0.1, 0.15) is 23.0 Å². The maximum absolute atomic E-state index is 14.4. The number of nitrogens with one attached hydrogen (secondary N) is 2.